The van der Waals surface area contributed by atoms with Gasteiger partial charge in [0.05, 0.1) is 6.61 Å². The van der Waals surface area contributed by atoms with Gasteiger partial charge >= 0.3 is 0 Å². The van der Waals surface area contributed by atoms with Crippen LogP contribution in [0.15, 0.2) is 48.2 Å². The molecule has 0 radical (unpaired) electrons. The standard InChI is InChI=1S/C25H27FN2O3S/c1-2-30-23-15-18(10-13-22(23)31-16-17-8-11-19(26)12-9-17)14-21-24(29)28(25(32)27-21)20-6-4-3-5-7-20/h8-15,20H,2-7,16H2,1H3,(H,27,32). The average molecular weight is 455 g/mol. The van der Waals surface area contributed by atoms with Gasteiger partial charge in [0.25, 0.3) is 5.91 Å². The van der Waals surface area contributed by atoms with Crippen molar-refractivity contribution in [2.75, 3.05) is 6.61 Å². The number of hydrogen-bond donors (Lipinski definition) is 1. The number of nitrogens with one attached hydrogen (secondary N) is 1. The summed E-state index contributed by atoms with van der Waals surface area (Å²) in [5.74, 6) is 0.818. The SMILES string of the molecule is CCOc1cc(C=C2NC(=S)N(C3CCCCC3)C2=O)ccc1OCc1ccc(F)cc1. The topological polar surface area (TPSA) is 50.8 Å². The normalized spacial score (nSPS) is 18.2. The van der Waals surface area contributed by atoms with E-state index in [1.54, 1.807) is 23.1 Å². The predicted molar refractivity (Wildman–Crippen MR) is 126 cm³/mol. The van der Waals surface area contributed by atoms with E-state index in [1.807, 2.05) is 25.1 Å². The van der Waals surface area contributed by atoms with Crippen molar-refractivity contribution in [1.82, 2.24) is 10.2 Å². The van der Waals surface area contributed by atoms with Crippen LogP contribution in [0, 0.1) is 5.82 Å². The third-order valence-corrected chi connectivity index (χ3v) is 6.03. The largest absolute Gasteiger partial charge is 0.490 e. The van der Waals surface area contributed by atoms with Gasteiger partial charge < -0.3 is 14.8 Å². The van der Waals surface area contributed by atoms with E-state index >= 15 is 0 Å². The first-order valence-corrected chi connectivity index (χ1v) is 11.5. The van der Waals surface area contributed by atoms with E-state index in [-0.39, 0.29) is 17.8 Å². The van der Waals surface area contributed by atoms with Gasteiger partial charge in [-0.25, -0.2) is 4.39 Å². The van der Waals surface area contributed by atoms with Crippen molar-refractivity contribution in [3.05, 3.63) is 65.1 Å². The van der Waals surface area contributed by atoms with Gasteiger partial charge in [0.15, 0.2) is 16.6 Å². The van der Waals surface area contributed by atoms with Crippen LogP contribution in [0.5, 0.6) is 11.5 Å². The Labute approximate surface area is 193 Å². The highest BCUT2D eigenvalue weighted by Crippen LogP contribution is 2.31. The summed E-state index contributed by atoms with van der Waals surface area (Å²) in [4.78, 5) is 14.7. The first-order chi connectivity index (χ1) is 15.5. The van der Waals surface area contributed by atoms with E-state index in [9.17, 15) is 9.18 Å². The van der Waals surface area contributed by atoms with Crippen LogP contribution in [0.2, 0.25) is 0 Å². The van der Waals surface area contributed by atoms with Crippen LogP contribution in [0.25, 0.3) is 6.08 Å². The molecular weight excluding hydrogens is 427 g/mol. The van der Waals surface area contributed by atoms with Crippen molar-refractivity contribution < 1.29 is 18.7 Å². The summed E-state index contributed by atoms with van der Waals surface area (Å²) in [6.07, 6.45) is 7.27. The molecule has 4 rings (SSSR count). The lowest BCUT2D eigenvalue weighted by Crippen LogP contribution is -2.41. The third kappa shape index (κ3) is 5.10. The molecule has 0 bridgehead atoms. The van der Waals surface area contributed by atoms with Gasteiger partial charge in [-0.1, -0.05) is 37.5 Å². The van der Waals surface area contributed by atoms with Crippen molar-refractivity contribution in [2.45, 2.75) is 51.7 Å². The zero-order valence-electron chi connectivity index (χ0n) is 18.1. The first kappa shape index (κ1) is 22.3. The maximum absolute atomic E-state index is 13.1. The van der Waals surface area contributed by atoms with E-state index in [2.05, 4.69) is 5.32 Å². The van der Waals surface area contributed by atoms with Crippen LogP contribution in [0.4, 0.5) is 4.39 Å². The summed E-state index contributed by atoms with van der Waals surface area (Å²) in [5, 5.41) is 3.57. The molecule has 1 heterocycles. The number of benzene rings is 2. The van der Waals surface area contributed by atoms with Gasteiger partial charge in [-0.05, 0) is 73.5 Å². The van der Waals surface area contributed by atoms with Gasteiger partial charge in [0.1, 0.15) is 18.1 Å². The molecule has 2 fully saturated rings. The molecule has 0 atom stereocenters. The summed E-state index contributed by atoms with van der Waals surface area (Å²) in [6.45, 7) is 2.67. The van der Waals surface area contributed by atoms with E-state index in [1.165, 1.54) is 18.6 Å². The number of nitrogens with zero attached hydrogens (tertiary/aromatic N) is 1. The van der Waals surface area contributed by atoms with E-state index in [0.717, 1.165) is 36.8 Å². The zero-order chi connectivity index (χ0) is 22.5. The Morgan fingerprint density at radius 3 is 2.56 bits per heavy atom. The highest BCUT2D eigenvalue weighted by molar-refractivity contribution is 7.80. The molecule has 2 aromatic carbocycles. The van der Waals surface area contributed by atoms with Crippen LogP contribution in [-0.4, -0.2) is 28.6 Å². The van der Waals surface area contributed by atoms with Crippen molar-refractivity contribution in [2.24, 2.45) is 0 Å². The minimum absolute atomic E-state index is 0.0727. The minimum atomic E-state index is -0.280. The van der Waals surface area contributed by atoms with Gasteiger partial charge in [-0.2, -0.15) is 0 Å². The Kier molecular flexibility index (Phi) is 7.05. The number of carbonyl (C=O) groups is 1. The molecule has 1 N–H and O–H groups in total. The molecule has 5 nitrogen and oxygen atoms in total. The fourth-order valence-corrected chi connectivity index (χ4v) is 4.47. The molecule has 7 heteroatoms. The number of thiocarbonyl (C=S) groups is 1. The fraction of sp³-hybridized carbons (Fsp3) is 0.360. The summed E-state index contributed by atoms with van der Waals surface area (Å²) >= 11 is 5.45. The minimum Gasteiger partial charge on any atom is -0.490 e. The molecule has 0 unspecified atom stereocenters. The van der Waals surface area contributed by atoms with E-state index in [0.29, 0.717) is 35.5 Å². The maximum atomic E-state index is 13.1. The Hall–Kier alpha value is -2.93. The molecular formula is C25H27FN2O3S. The quantitative estimate of drug-likeness (QED) is 0.461. The zero-order valence-corrected chi connectivity index (χ0v) is 18.9. The molecule has 1 saturated carbocycles. The molecule has 2 aromatic rings. The molecule has 168 valence electrons. The van der Waals surface area contributed by atoms with Crippen molar-refractivity contribution >= 4 is 29.3 Å². The Morgan fingerprint density at radius 2 is 1.84 bits per heavy atom. The highest BCUT2D eigenvalue weighted by Gasteiger charge is 2.36. The lowest BCUT2D eigenvalue weighted by molar-refractivity contribution is -0.124. The smallest absolute Gasteiger partial charge is 0.276 e. The predicted octanol–water partition coefficient (Wildman–Crippen LogP) is 5.19. The summed E-state index contributed by atoms with van der Waals surface area (Å²) in [7, 11) is 0. The number of amides is 1. The van der Waals surface area contributed by atoms with E-state index < -0.39 is 0 Å². The Balaban J connectivity index is 1.50. The average Bonchev–Trinajstić information content (AvgIpc) is 3.08. The monoisotopic (exact) mass is 454 g/mol. The van der Waals surface area contributed by atoms with Crippen LogP contribution >= 0.6 is 12.2 Å². The molecule has 0 spiro atoms. The Bertz CT molecular complexity index is 1020. The molecule has 1 aliphatic carbocycles. The van der Waals surface area contributed by atoms with Crippen LogP contribution in [0.3, 0.4) is 0 Å². The van der Waals surface area contributed by atoms with Crippen molar-refractivity contribution in [3.8, 4) is 11.5 Å². The van der Waals surface area contributed by atoms with Gasteiger partial charge in [0, 0.05) is 6.04 Å². The van der Waals surface area contributed by atoms with Crippen molar-refractivity contribution in [3.63, 3.8) is 0 Å². The summed E-state index contributed by atoms with van der Waals surface area (Å²) < 4.78 is 24.8. The van der Waals surface area contributed by atoms with Gasteiger partial charge in [-0.3, -0.25) is 9.69 Å². The lowest BCUT2D eigenvalue weighted by atomic mass is 9.94. The van der Waals surface area contributed by atoms with Gasteiger partial charge in [-0.15, -0.1) is 0 Å². The Morgan fingerprint density at radius 1 is 1.09 bits per heavy atom. The lowest BCUT2D eigenvalue weighted by Gasteiger charge is -2.29. The number of rotatable bonds is 7. The maximum Gasteiger partial charge on any atom is 0.276 e. The van der Waals surface area contributed by atoms with Gasteiger partial charge in [0.2, 0.25) is 0 Å². The van der Waals surface area contributed by atoms with E-state index in [4.69, 9.17) is 21.7 Å². The number of halogens is 1. The third-order valence-electron chi connectivity index (χ3n) is 5.74. The first-order valence-electron chi connectivity index (χ1n) is 11.1. The second kappa shape index (κ2) is 10.1. The fourth-order valence-electron chi connectivity index (χ4n) is 4.13. The molecule has 1 saturated heterocycles. The van der Waals surface area contributed by atoms with Crippen LogP contribution < -0.4 is 14.8 Å². The number of hydrogen-bond acceptors (Lipinski definition) is 4. The molecule has 2 aliphatic rings. The number of carbonyl (C=O) groups excluding carboxylic acids is 1. The molecule has 32 heavy (non-hydrogen) atoms. The van der Waals surface area contributed by atoms with Crippen molar-refractivity contribution in [1.29, 1.82) is 0 Å². The summed E-state index contributed by atoms with van der Waals surface area (Å²) in [6, 6.07) is 11.9. The second-order valence-corrected chi connectivity index (χ2v) is 8.40. The molecule has 1 amide bonds. The number of ether oxygens (including phenoxy) is 2. The second-order valence-electron chi connectivity index (χ2n) is 8.01. The molecule has 1 aliphatic heterocycles. The summed E-state index contributed by atoms with van der Waals surface area (Å²) in [5.41, 5.74) is 2.15. The molecule has 0 aromatic heterocycles. The highest BCUT2D eigenvalue weighted by atomic mass is 32.1. The van der Waals surface area contributed by atoms with Crippen LogP contribution in [-0.2, 0) is 11.4 Å². The van der Waals surface area contributed by atoms with Crippen LogP contribution in [0.1, 0.15) is 50.2 Å².